The van der Waals surface area contributed by atoms with E-state index in [-0.39, 0.29) is 17.5 Å². The van der Waals surface area contributed by atoms with Gasteiger partial charge in [0.05, 0.1) is 0 Å². The van der Waals surface area contributed by atoms with E-state index < -0.39 is 0 Å². The fourth-order valence-corrected chi connectivity index (χ4v) is 2.04. The van der Waals surface area contributed by atoms with Gasteiger partial charge in [-0.15, -0.1) is 0 Å². The monoisotopic (exact) mass is 283 g/mol. The summed E-state index contributed by atoms with van der Waals surface area (Å²) >= 11 is 0. The van der Waals surface area contributed by atoms with E-state index in [0.717, 1.165) is 0 Å². The SMILES string of the molecule is Nc1nc(-c2cccc(F)c2)ncc1-c1cccc(F)c1. The first kappa shape index (κ1) is 13.2. The Morgan fingerprint density at radius 2 is 1.48 bits per heavy atom. The van der Waals surface area contributed by atoms with Gasteiger partial charge >= 0.3 is 0 Å². The number of benzene rings is 2. The van der Waals surface area contributed by atoms with Gasteiger partial charge in [0, 0.05) is 17.3 Å². The molecule has 0 radical (unpaired) electrons. The molecule has 0 bridgehead atoms. The lowest BCUT2D eigenvalue weighted by Crippen LogP contribution is -1.99. The maximum absolute atomic E-state index is 13.2. The number of rotatable bonds is 2. The van der Waals surface area contributed by atoms with Crippen LogP contribution < -0.4 is 5.73 Å². The second-order valence-electron chi connectivity index (χ2n) is 4.51. The number of nitrogen functional groups attached to an aromatic ring is 1. The van der Waals surface area contributed by atoms with Gasteiger partial charge in [0.2, 0.25) is 0 Å². The van der Waals surface area contributed by atoms with Crippen LogP contribution in [0.1, 0.15) is 0 Å². The molecule has 0 aliphatic rings. The topological polar surface area (TPSA) is 51.8 Å². The van der Waals surface area contributed by atoms with Crippen LogP contribution in [0.2, 0.25) is 0 Å². The summed E-state index contributed by atoms with van der Waals surface area (Å²) in [5.74, 6) is -0.188. The minimum absolute atomic E-state index is 0.217. The first-order valence-electron chi connectivity index (χ1n) is 6.28. The van der Waals surface area contributed by atoms with Crippen molar-refractivity contribution in [2.24, 2.45) is 0 Å². The summed E-state index contributed by atoms with van der Waals surface area (Å²) in [4.78, 5) is 8.34. The first-order chi connectivity index (χ1) is 10.1. The zero-order valence-electron chi connectivity index (χ0n) is 10.9. The van der Waals surface area contributed by atoms with Gasteiger partial charge in [0.25, 0.3) is 0 Å². The van der Waals surface area contributed by atoms with Gasteiger partial charge in [-0.2, -0.15) is 0 Å². The van der Waals surface area contributed by atoms with Gasteiger partial charge in [-0.05, 0) is 29.8 Å². The second kappa shape index (κ2) is 5.28. The Morgan fingerprint density at radius 1 is 0.857 bits per heavy atom. The highest BCUT2D eigenvalue weighted by Crippen LogP contribution is 2.26. The summed E-state index contributed by atoms with van der Waals surface area (Å²) in [6, 6.07) is 12.0. The molecule has 3 aromatic rings. The third-order valence-electron chi connectivity index (χ3n) is 3.04. The molecule has 0 saturated carbocycles. The van der Waals surface area contributed by atoms with E-state index in [1.807, 2.05) is 0 Å². The molecule has 1 heterocycles. The molecule has 3 rings (SSSR count). The Balaban J connectivity index is 2.04. The summed E-state index contributed by atoms with van der Waals surface area (Å²) in [5.41, 5.74) is 7.58. The van der Waals surface area contributed by atoms with E-state index in [4.69, 9.17) is 5.73 Å². The van der Waals surface area contributed by atoms with Crippen molar-refractivity contribution >= 4 is 5.82 Å². The van der Waals surface area contributed by atoms with Crippen LogP contribution in [0.15, 0.2) is 54.7 Å². The largest absolute Gasteiger partial charge is 0.383 e. The van der Waals surface area contributed by atoms with Crippen molar-refractivity contribution in [1.82, 2.24) is 9.97 Å². The zero-order chi connectivity index (χ0) is 14.8. The van der Waals surface area contributed by atoms with Gasteiger partial charge in [0.1, 0.15) is 17.5 Å². The van der Waals surface area contributed by atoms with Crippen LogP contribution >= 0.6 is 0 Å². The molecule has 0 spiro atoms. The third-order valence-corrected chi connectivity index (χ3v) is 3.04. The number of anilines is 1. The number of hydrogen-bond donors (Lipinski definition) is 1. The van der Waals surface area contributed by atoms with E-state index in [1.165, 1.54) is 30.5 Å². The molecule has 0 aliphatic heterocycles. The molecule has 0 aliphatic carbocycles. The Kier molecular flexibility index (Phi) is 3.31. The van der Waals surface area contributed by atoms with E-state index in [1.54, 1.807) is 24.3 Å². The zero-order valence-corrected chi connectivity index (χ0v) is 10.9. The number of nitrogens with two attached hydrogens (primary N) is 1. The predicted molar refractivity (Wildman–Crippen MR) is 77.2 cm³/mol. The maximum atomic E-state index is 13.2. The van der Waals surface area contributed by atoms with Crippen LogP contribution in [0.25, 0.3) is 22.5 Å². The van der Waals surface area contributed by atoms with Gasteiger partial charge < -0.3 is 5.73 Å². The number of nitrogens with zero attached hydrogens (tertiary/aromatic N) is 2. The molecule has 0 unspecified atom stereocenters. The lowest BCUT2D eigenvalue weighted by atomic mass is 10.1. The molecule has 3 nitrogen and oxygen atoms in total. The van der Waals surface area contributed by atoms with Gasteiger partial charge in [-0.25, -0.2) is 18.7 Å². The lowest BCUT2D eigenvalue weighted by Gasteiger charge is -2.07. The van der Waals surface area contributed by atoms with Crippen LogP contribution in [-0.2, 0) is 0 Å². The Bertz CT molecular complexity index is 803. The van der Waals surface area contributed by atoms with Crippen molar-refractivity contribution in [1.29, 1.82) is 0 Å². The van der Waals surface area contributed by atoms with Crippen molar-refractivity contribution in [3.05, 3.63) is 66.4 Å². The quantitative estimate of drug-likeness (QED) is 0.780. The molecule has 0 saturated heterocycles. The summed E-state index contributed by atoms with van der Waals surface area (Å²) in [6.07, 6.45) is 1.51. The number of halogens is 2. The summed E-state index contributed by atoms with van der Waals surface area (Å²) < 4.78 is 26.5. The van der Waals surface area contributed by atoms with E-state index in [9.17, 15) is 8.78 Å². The minimum Gasteiger partial charge on any atom is -0.383 e. The lowest BCUT2D eigenvalue weighted by molar-refractivity contribution is 0.627. The van der Waals surface area contributed by atoms with Gasteiger partial charge in [0.15, 0.2) is 5.82 Å². The highest BCUT2D eigenvalue weighted by molar-refractivity contribution is 5.74. The van der Waals surface area contributed by atoms with Crippen molar-refractivity contribution in [2.45, 2.75) is 0 Å². The molecule has 1 aromatic heterocycles. The molecule has 5 heteroatoms. The molecule has 2 aromatic carbocycles. The molecule has 0 atom stereocenters. The number of aromatic nitrogens is 2. The van der Waals surface area contributed by atoms with E-state index in [2.05, 4.69) is 9.97 Å². The van der Waals surface area contributed by atoms with Crippen LogP contribution in [0.3, 0.4) is 0 Å². The average Bonchev–Trinajstić information content (AvgIpc) is 2.47. The van der Waals surface area contributed by atoms with Crippen LogP contribution in [-0.4, -0.2) is 9.97 Å². The highest BCUT2D eigenvalue weighted by atomic mass is 19.1. The highest BCUT2D eigenvalue weighted by Gasteiger charge is 2.09. The van der Waals surface area contributed by atoms with Crippen molar-refractivity contribution in [3.8, 4) is 22.5 Å². The molecular formula is C16H11F2N3. The standard InChI is InChI=1S/C16H11F2N3/c17-12-5-1-3-10(7-12)14-9-20-16(21-15(14)19)11-4-2-6-13(18)8-11/h1-9H,(H2,19,20,21). The molecule has 2 N–H and O–H groups in total. The Labute approximate surface area is 120 Å². The van der Waals surface area contributed by atoms with Crippen molar-refractivity contribution in [3.63, 3.8) is 0 Å². The normalized spacial score (nSPS) is 10.6. The summed E-state index contributed by atoms with van der Waals surface area (Å²) in [5, 5.41) is 0. The fourth-order valence-electron chi connectivity index (χ4n) is 2.04. The molecule has 0 fully saturated rings. The van der Waals surface area contributed by atoms with E-state index in [0.29, 0.717) is 22.5 Å². The minimum atomic E-state index is -0.371. The molecule has 104 valence electrons. The van der Waals surface area contributed by atoms with E-state index >= 15 is 0 Å². The first-order valence-corrected chi connectivity index (χ1v) is 6.28. The second-order valence-corrected chi connectivity index (χ2v) is 4.51. The fraction of sp³-hybridized carbons (Fsp3) is 0. The summed E-state index contributed by atoms with van der Waals surface area (Å²) in [7, 11) is 0. The van der Waals surface area contributed by atoms with Crippen molar-refractivity contribution in [2.75, 3.05) is 5.73 Å². The third kappa shape index (κ3) is 2.72. The van der Waals surface area contributed by atoms with Gasteiger partial charge in [-0.1, -0.05) is 24.3 Å². The van der Waals surface area contributed by atoms with Crippen molar-refractivity contribution < 1.29 is 8.78 Å². The van der Waals surface area contributed by atoms with Crippen LogP contribution in [0, 0.1) is 11.6 Å². The average molecular weight is 283 g/mol. The molecular weight excluding hydrogens is 272 g/mol. The maximum Gasteiger partial charge on any atom is 0.161 e. The Hall–Kier alpha value is -2.82. The smallest absolute Gasteiger partial charge is 0.161 e. The van der Waals surface area contributed by atoms with Crippen LogP contribution in [0.5, 0.6) is 0 Å². The molecule has 21 heavy (non-hydrogen) atoms. The summed E-state index contributed by atoms with van der Waals surface area (Å²) in [6.45, 7) is 0. The number of hydrogen-bond acceptors (Lipinski definition) is 3. The Morgan fingerprint density at radius 3 is 2.10 bits per heavy atom. The van der Waals surface area contributed by atoms with Gasteiger partial charge in [-0.3, -0.25) is 0 Å². The predicted octanol–water partition coefficient (Wildman–Crippen LogP) is 3.67. The molecule has 0 amide bonds. The van der Waals surface area contributed by atoms with Crippen LogP contribution in [0.4, 0.5) is 14.6 Å².